The Morgan fingerprint density at radius 1 is 1.03 bits per heavy atom. The maximum absolute atomic E-state index is 12.6. The van der Waals surface area contributed by atoms with Crippen molar-refractivity contribution in [2.45, 2.75) is 38.7 Å². The Kier molecular flexibility index (Phi) is 7.71. The molecule has 4 N–H and O–H groups in total. The maximum atomic E-state index is 12.6. The molecule has 0 saturated heterocycles. The summed E-state index contributed by atoms with van der Waals surface area (Å²) in [6.07, 6.45) is -1.78. The molecular weight excluding hydrogens is 424 g/mol. The molecule has 1 aliphatic carbocycles. The molecule has 8 nitrogen and oxygen atoms in total. The number of aliphatic hydroxyl groups excluding tert-OH is 1. The number of hydrogen-bond acceptors (Lipinski definition) is 5. The van der Waals surface area contributed by atoms with Gasteiger partial charge in [0.15, 0.2) is 6.10 Å². The van der Waals surface area contributed by atoms with Gasteiger partial charge in [-0.2, -0.15) is 0 Å². The van der Waals surface area contributed by atoms with Gasteiger partial charge in [0.25, 0.3) is 0 Å². The van der Waals surface area contributed by atoms with Gasteiger partial charge in [0.05, 0.1) is 5.41 Å². The summed E-state index contributed by atoms with van der Waals surface area (Å²) in [5.41, 5.74) is 3.62. The highest BCUT2D eigenvalue weighted by Gasteiger charge is 2.33. The smallest absolute Gasteiger partial charge is 0.407 e. The van der Waals surface area contributed by atoms with Crippen molar-refractivity contribution in [1.82, 2.24) is 10.6 Å². The van der Waals surface area contributed by atoms with E-state index in [2.05, 4.69) is 22.8 Å². The Bertz CT molecular complexity index is 978. The molecule has 33 heavy (non-hydrogen) atoms. The van der Waals surface area contributed by atoms with Gasteiger partial charge in [-0.05, 0) is 35.6 Å². The Morgan fingerprint density at radius 3 is 2.15 bits per heavy atom. The van der Waals surface area contributed by atoms with E-state index in [1.165, 1.54) is 0 Å². The predicted octanol–water partition coefficient (Wildman–Crippen LogP) is 2.89. The normalized spacial score (nSPS) is 15.0. The van der Waals surface area contributed by atoms with Gasteiger partial charge < -0.3 is 25.6 Å². The van der Waals surface area contributed by atoms with Crippen LogP contribution in [0, 0.1) is 5.41 Å². The van der Waals surface area contributed by atoms with E-state index in [0.29, 0.717) is 6.42 Å². The zero-order valence-corrected chi connectivity index (χ0v) is 18.8. The molecule has 0 spiro atoms. The van der Waals surface area contributed by atoms with E-state index >= 15 is 0 Å². The molecular formula is C25H30N2O6. The van der Waals surface area contributed by atoms with Crippen LogP contribution >= 0.6 is 0 Å². The molecule has 2 aromatic carbocycles. The molecule has 3 rings (SSSR count). The minimum Gasteiger partial charge on any atom is -0.479 e. The summed E-state index contributed by atoms with van der Waals surface area (Å²) in [7, 11) is 0. The first kappa shape index (κ1) is 24.3. The zero-order valence-electron chi connectivity index (χ0n) is 18.8. The van der Waals surface area contributed by atoms with Crippen LogP contribution in [0.4, 0.5) is 4.79 Å². The van der Waals surface area contributed by atoms with Crippen LogP contribution in [0.25, 0.3) is 11.1 Å². The summed E-state index contributed by atoms with van der Waals surface area (Å²) >= 11 is 0. The standard InChI is InChI=1S/C25H30N2O6/c1-3-25(2,23(31)26-13-12-21(28)22(29)30)15-27-24(32)33-14-20-18-10-6-4-8-16(18)17-9-5-7-11-19(17)20/h4-11,20-21,28H,3,12-15H2,1-2H3,(H,26,31)(H,27,32)(H,29,30). The Morgan fingerprint density at radius 2 is 1.61 bits per heavy atom. The molecule has 1 aliphatic rings. The van der Waals surface area contributed by atoms with Crippen LogP contribution in [0.3, 0.4) is 0 Å². The highest BCUT2D eigenvalue weighted by atomic mass is 16.5. The van der Waals surface area contributed by atoms with E-state index in [1.807, 2.05) is 43.3 Å². The van der Waals surface area contributed by atoms with Crippen LogP contribution in [-0.2, 0) is 14.3 Å². The van der Waals surface area contributed by atoms with Crippen LogP contribution in [0.5, 0.6) is 0 Å². The lowest BCUT2D eigenvalue weighted by molar-refractivity contribution is -0.147. The summed E-state index contributed by atoms with van der Waals surface area (Å²) in [6.45, 7) is 3.80. The quantitative estimate of drug-likeness (QED) is 0.438. The predicted molar refractivity (Wildman–Crippen MR) is 123 cm³/mol. The van der Waals surface area contributed by atoms with Crippen molar-refractivity contribution < 1.29 is 29.3 Å². The lowest BCUT2D eigenvalue weighted by Gasteiger charge is -2.27. The lowest BCUT2D eigenvalue weighted by Crippen LogP contribution is -2.47. The highest BCUT2D eigenvalue weighted by Crippen LogP contribution is 2.44. The second-order valence-electron chi connectivity index (χ2n) is 8.49. The van der Waals surface area contributed by atoms with Crippen LogP contribution in [0.15, 0.2) is 48.5 Å². The van der Waals surface area contributed by atoms with E-state index in [0.717, 1.165) is 22.3 Å². The molecule has 2 aromatic rings. The van der Waals surface area contributed by atoms with Gasteiger partial charge in [-0.25, -0.2) is 9.59 Å². The second kappa shape index (κ2) is 10.5. The molecule has 176 valence electrons. The van der Waals surface area contributed by atoms with Crippen molar-refractivity contribution in [3.8, 4) is 11.1 Å². The fourth-order valence-electron chi connectivity index (χ4n) is 3.94. The van der Waals surface area contributed by atoms with Crippen LogP contribution in [0.1, 0.15) is 43.7 Å². The monoisotopic (exact) mass is 454 g/mol. The van der Waals surface area contributed by atoms with E-state index in [1.54, 1.807) is 6.92 Å². The number of carbonyl (C=O) groups is 3. The second-order valence-corrected chi connectivity index (χ2v) is 8.49. The number of hydrogen-bond donors (Lipinski definition) is 4. The van der Waals surface area contributed by atoms with E-state index < -0.39 is 23.6 Å². The minimum atomic E-state index is -1.53. The number of aliphatic carboxylic acids is 1. The van der Waals surface area contributed by atoms with Crippen molar-refractivity contribution in [2.75, 3.05) is 19.7 Å². The molecule has 0 saturated carbocycles. The third-order valence-corrected chi connectivity index (χ3v) is 6.28. The SMILES string of the molecule is CCC(C)(CNC(=O)OCC1c2ccccc2-c2ccccc21)C(=O)NCCC(O)C(=O)O. The molecule has 8 heteroatoms. The largest absolute Gasteiger partial charge is 0.479 e. The lowest BCUT2D eigenvalue weighted by atomic mass is 9.86. The Balaban J connectivity index is 1.53. The van der Waals surface area contributed by atoms with Gasteiger partial charge in [-0.1, -0.05) is 55.5 Å². The number of rotatable bonds is 10. The molecule has 2 amide bonds. The summed E-state index contributed by atoms with van der Waals surface area (Å²) in [5, 5.41) is 23.3. The first-order valence-corrected chi connectivity index (χ1v) is 11.0. The van der Waals surface area contributed by atoms with Crippen LogP contribution in [0.2, 0.25) is 0 Å². The first-order chi connectivity index (χ1) is 15.8. The number of ether oxygens (including phenoxy) is 1. The Labute approximate surface area is 193 Å². The van der Waals surface area contributed by atoms with Crippen molar-refractivity contribution in [3.05, 3.63) is 59.7 Å². The number of alkyl carbamates (subject to hydrolysis) is 1. The van der Waals surface area contributed by atoms with E-state index in [9.17, 15) is 19.5 Å². The molecule has 0 aliphatic heterocycles. The number of carboxylic acids is 1. The maximum Gasteiger partial charge on any atom is 0.407 e. The first-order valence-electron chi connectivity index (χ1n) is 11.0. The number of amides is 2. The fourth-order valence-corrected chi connectivity index (χ4v) is 3.94. The topological polar surface area (TPSA) is 125 Å². The third kappa shape index (κ3) is 5.51. The average Bonchev–Trinajstić information content (AvgIpc) is 3.14. The van der Waals surface area contributed by atoms with Gasteiger partial charge in [0, 0.05) is 25.4 Å². The van der Waals surface area contributed by atoms with Gasteiger partial charge in [0.2, 0.25) is 5.91 Å². The van der Waals surface area contributed by atoms with Crippen molar-refractivity contribution >= 4 is 18.0 Å². The van der Waals surface area contributed by atoms with Gasteiger partial charge in [0.1, 0.15) is 6.61 Å². The number of carboxylic acid groups (broad SMARTS) is 1. The van der Waals surface area contributed by atoms with Crippen LogP contribution in [-0.4, -0.2) is 54.0 Å². The number of benzene rings is 2. The summed E-state index contributed by atoms with van der Waals surface area (Å²) in [4.78, 5) is 35.7. The molecule has 2 atom stereocenters. The fraction of sp³-hybridized carbons (Fsp3) is 0.400. The van der Waals surface area contributed by atoms with E-state index in [4.69, 9.17) is 9.84 Å². The average molecular weight is 455 g/mol. The summed E-state index contributed by atoms with van der Waals surface area (Å²) < 4.78 is 5.52. The minimum absolute atomic E-state index is 0.0207. The molecule has 0 radical (unpaired) electrons. The van der Waals surface area contributed by atoms with Gasteiger partial charge in [-0.3, -0.25) is 4.79 Å². The molecule has 2 unspecified atom stereocenters. The molecule has 0 bridgehead atoms. The van der Waals surface area contributed by atoms with Crippen molar-refractivity contribution in [1.29, 1.82) is 0 Å². The summed E-state index contributed by atoms with van der Waals surface area (Å²) in [6, 6.07) is 16.1. The summed E-state index contributed by atoms with van der Waals surface area (Å²) in [5.74, 6) is -1.72. The van der Waals surface area contributed by atoms with Crippen molar-refractivity contribution in [2.24, 2.45) is 5.41 Å². The molecule has 0 aromatic heterocycles. The Hall–Kier alpha value is -3.39. The zero-order chi connectivity index (χ0) is 24.0. The number of fused-ring (bicyclic) bond motifs is 3. The third-order valence-electron chi connectivity index (χ3n) is 6.28. The number of carbonyl (C=O) groups excluding carboxylic acids is 2. The number of aliphatic hydroxyl groups is 1. The number of nitrogens with one attached hydrogen (secondary N) is 2. The molecule has 0 fully saturated rings. The van der Waals surface area contributed by atoms with Gasteiger partial charge in [-0.15, -0.1) is 0 Å². The van der Waals surface area contributed by atoms with Gasteiger partial charge >= 0.3 is 12.1 Å². The molecule has 0 heterocycles. The van der Waals surface area contributed by atoms with E-state index in [-0.39, 0.29) is 37.9 Å². The van der Waals surface area contributed by atoms with Crippen LogP contribution < -0.4 is 10.6 Å². The highest BCUT2D eigenvalue weighted by molar-refractivity contribution is 5.83. The van der Waals surface area contributed by atoms with Crippen molar-refractivity contribution in [3.63, 3.8) is 0 Å².